The van der Waals surface area contributed by atoms with E-state index in [9.17, 15) is 14.7 Å². The summed E-state index contributed by atoms with van der Waals surface area (Å²) in [6.07, 6.45) is 0.786. The fourth-order valence-corrected chi connectivity index (χ4v) is 3.76. The maximum absolute atomic E-state index is 12.8. The van der Waals surface area contributed by atoms with Crippen LogP contribution in [0.4, 0.5) is 0 Å². The first kappa shape index (κ1) is 19.5. The van der Waals surface area contributed by atoms with E-state index in [1.165, 1.54) is 0 Å². The third-order valence-corrected chi connectivity index (χ3v) is 5.47. The van der Waals surface area contributed by atoms with Crippen LogP contribution in [0.5, 0.6) is 0 Å². The van der Waals surface area contributed by atoms with Gasteiger partial charge in [-0.1, -0.05) is 17.7 Å². The van der Waals surface area contributed by atoms with Crippen molar-refractivity contribution in [1.82, 2.24) is 9.88 Å². The lowest BCUT2D eigenvalue weighted by molar-refractivity contribution is -0.154. The molecule has 2 aromatic rings. The van der Waals surface area contributed by atoms with E-state index in [2.05, 4.69) is 5.32 Å². The number of hydrogen-bond acceptors (Lipinski definition) is 3. The predicted molar refractivity (Wildman–Crippen MR) is 103 cm³/mol. The molecule has 1 aliphatic rings. The molecule has 0 aliphatic carbocycles. The van der Waals surface area contributed by atoms with E-state index < -0.39 is 11.4 Å². The summed E-state index contributed by atoms with van der Waals surface area (Å²) in [7, 11) is 0. The molecule has 2 heterocycles. The van der Waals surface area contributed by atoms with Crippen LogP contribution in [-0.4, -0.2) is 41.3 Å². The summed E-state index contributed by atoms with van der Waals surface area (Å²) in [5.74, 6) is -1.17. The van der Waals surface area contributed by atoms with Gasteiger partial charge >= 0.3 is 5.97 Å². The van der Waals surface area contributed by atoms with Crippen molar-refractivity contribution in [2.75, 3.05) is 19.8 Å². The van der Waals surface area contributed by atoms with Gasteiger partial charge in [0.15, 0.2) is 0 Å². The van der Waals surface area contributed by atoms with E-state index in [1.54, 1.807) is 6.07 Å². The van der Waals surface area contributed by atoms with Crippen LogP contribution in [0.15, 0.2) is 30.3 Å². The Hall–Kier alpha value is -2.31. The molecular weight excluding hydrogens is 368 g/mol. The molecule has 0 unspecified atom stereocenters. The van der Waals surface area contributed by atoms with Crippen LogP contribution in [0, 0.1) is 19.3 Å². The summed E-state index contributed by atoms with van der Waals surface area (Å²) in [4.78, 5) is 24.5. The van der Waals surface area contributed by atoms with Gasteiger partial charge in [0.25, 0.3) is 5.91 Å². The number of carbonyl (C=O) groups is 2. The number of nitrogens with one attached hydrogen (secondary N) is 1. The highest BCUT2D eigenvalue weighted by Crippen LogP contribution is 2.30. The van der Waals surface area contributed by atoms with Gasteiger partial charge in [-0.15, -0.1) is 0 Å². The third kappa shape index (κ3) is 3.87. The van der Waals surface area contributed by atoms with E-state index in [4.69, 9.17) is 16.3 Å². The molecule has 0 radical (unpaired) electrons. The van der Waals surface area contributed by atoms with Gasteiger partial charge in [0, 0.05) is 41.9 Å². The molecule has 1 aromatic heterocycles. The molecule has 0 saturated carbocycles. The number of aliphatic carboxylic acids is 1. The van der Waals surface area contributed by atoms with Crippen LogP contribution in [0.25, 0.3) is 5.69 Å². The van der Waals surface area contributed by atoms with Crippen molar-refractivity contribution in [2.24, 2.45) is 5.41 Å². The first-order valence-electron chi connectivity index (χ1n) is 8.88. The standard InChI is InChI=1S/C20H23ClN2O4/c1-13-10-17(14(2)23(13)16-5-3-4-15(21)11-16)18(24)22-12-20(19(25)26)6-8-27-9-7-20/h3-5,10-11H,6-9,12H2,1-2H3,(H,22,24)(H,25,26). The minimum absolute atomic E-state index is 0.0887. The number of amides is 1. The van der Waals surface area contributed by atoms with Gasteiger partial charge in [-0.3, -0.25) is 9.59 Å². The van der Waals surface area contributed by atoms with E-state index >= 15 is 0 Å². The van der Waals surface area contributed by atoms with Gasteiger partial charge in [0.2, 0.25) is 0 Å². The average Bonchev–Trinajstić information content (AvgIpc) is 2.94. The summed E-state index contributed by atoms with van der Waals surface area (Å²) in [6, 6.07) is 9.23. The highest BCUT2D eigenvalue weighted by Gasteiger charge is 2.40. The Morgan fingerprint density at radius 1 is 1.26 bits per heavy atom. The lowest BCUT2D eigenvalue weighted by atomic mass is 9.80. The molecule has 1 aromatic carbocycles. The van der Waals surface area contributed by atoms with Gasteiger partial charge in [-0.2, -0.15) is 0 Å². The number of carboxylic acids is 1. The Kier molecular flexibility index (Phi) is 5.58. The van der Waals surface area contributed by atoms with Gasteiger partial charge in [0.05, 0.1) is 11.0 Å². The number of aromatic nitrogens is 1. The second-order valence-electron chi connectivity index (χ2n) is 6.98. The van der Waals surface area contributed by atoms with Crippen molar-refractivity contribution in [3.63, 3.8) is 0 Å². The molecule has 1 fully saturated rings. The number of halogens is 1. The van der Waals surface area contributed by atoms with Crippen molar-refractivity contribution in [1.29, 1.82) is 0 Å². The molecule has 3 rings (SSSR count). The van der Waals surface area contributed by atoms with Gasteiger partial charge in [-0.25, -0.2) is 0 Å². The molecule has 1 saturated heterocycles. The van der Waals surface area contributed by atoms with E-state index in [0.29, 0.717) is 36.6 Å². The fraction of sp³-hybridized carbons (Fsp3) is 0.400. The normalized spacial score (nSPS) is 16.1. The number of carbonyl (C=O) groups excluding carboxylic acids is 1. The molecule has 1 aliphatic heterocycles. The average molecular weight is 391 g/mol. The molecule has 0 atom stereocenters. The molecular formula is C20H23ClN2O4. The van der Waals surface area contributed by atoms with Crippen LogP contribution >= 0.6 is 11.6 Å². The second-order valence-corrected chi connectivity index (χ2v) is 7.42. The Labute approximate surface area is 163 Å². The zero-order chi connectivity index (χ0) is 19.6. The Balaban J connectivity index is 1.81. The Morgan fingerprint density at radius 2 is 1.96 bits per heavy atom. The van der Waals surface area contributed by atoms with Crippen molar-refractivity contribution >= 4 is 23.5 Å². The minimum Gasteiger partial charge on any atom is -0.481 e. The molecule has 27 heavy (non-hydrogen) atoms. The topological polar surface area (TPSA) is 80.6 Å². The Morgan fingerprint density at radius 3 is 2.59 bits per heavy atom. The summed E-state index contributed by atoms with van der Waals surface area (Å²) in [6.45, 7) is 4.66. The van der Waals surface area contributed by atoms with Gasteiger partial charge in [-0.05, 0) is 51.0 Å². The molecule has 0 spiro atoms. The maximum atomic E-state index is 12.8. The van der Waals surface area contributed by atoms with Crippen LogP contribution in [0.3, 0.4) is 0 Å². The number of aryl methyl sites for hydroxylation is 1. The molecule has 144 valence electrons. The summed E-state index contributed by atoms with van der Waals surface area (Å²) in [5, 5.41) is 13.1. The van der Waals surface area contributed by atoms with E-state index in [0.717, 1.165) is 17.1 Å². The number of carboxylic acid groups (broad SMARTS) is 1. The largest absolute Gasteiger partial charge is 0.481 e. The van der Waals surface area contributed by atoms with Crippen molar-refractivity contribution in [3.05, 3.63) is 52.3 Å². The number of rotatable bonds is 5. The number of ether oxygens (including phenoxy) is 1. The first-order chi connectivity index (χ1) is 12.8. The molecule has 1 amide bonds. The van der Waals surface area contributed by atoms with Gasteiger partial charge < -0.3 is 19.7 Å². The van der Waals surface area contributed by atoms with Crippen LogP contribution in [-0.2, 0) is 9.53 Å². The zero-order valence-corrected chi connectivity index (χ0v) is 16.2. The fourth-order valence-electron chi connectivity index (χ4n) is 3.58. The molecule has 2 N–H and O–H groups in total. The number of hydrogen-bond donors (Lipinski definition) is 2. The maximum Gasteiger partial charge on any atom is 0.311 e. The first-order valence-corrected chi connectivity index (χ1v) is 9.26. The summed E-state index contributed by atoms with van der Waals surface area (Å²) < 4.78 is 7.23. The lowest BCUT2D eigenvalue weighted by Crippen LogP contribution is -2.46. The van der Waals surface area contributed by atoms with Crippen molar-refractivity contribution < 1.29 is 19.4 Å². The van der Waals surface area contributed by atoms with Crippen LogP contribution in [0.1, 0.15) is 34.6 Å². The van der Waals surface area contributed by atoms with Crippen LogP contribution < -0.4 is 5.32 Å². The van der Waals surface area contributed by atoms with Gasteiger partial charge in [0.1, 0.15) is 0 Å². The predicted octanol–water partition coefficient (Wildman–Crippen LogP) is 3.36. The zero-order valence-electron chi connectivity index (χ0n) is 15.4. The monoisotopic (exact) mass is 390 g/mol. The third-order valence-electron chi connectivity index (χ3n) is 5.23. The SMILES string of the molecule is Cc1cc(C(=O)NCC2(C(=O)O)CCOCC2)c(C)n1-c1cccc(Cl)c1. The smallest absolute Gasteiger partial charge is 0.311 e. The van der Waals surface area contributed by atoms with Crippen LogP contribution in [0.2, 0.25) is 5.02 Å². The van der Waals surface area contributed by atoms with Crippen molar-refractivity contribution in [3.8, 4) is 5.69 Å². The highest BCUT2D eigenvalue weighted by atomic mass is 35.5. The quantitative estimate of drug-likeness (QED) is 0.820. The van der Waals surface area contributed by atoms with E-state index in [1.807, 2.05) is 42.7 Å². The second kappa shape index (κ2) is 7.74. The minimum atomic E-state index is -0.966. The number of nitrogens with zero attached hydrogens (tertiary/aromatic N) is 1. The molecule has 6 nitrogen and oxygen atoms in total. The lowest BCUT2D eigenvalue weighted by Gasteiger charge is -2.33. The Bertz CT molecular complexity index is 869. The molecule has 0 bridgehead atoms. The number of benzene rings is 1. The highest BCUT2D eigenvalue weighted by molar-refractivity contribution is 6.30. The molecule has 7 heteroatoms. The summed E-state index contributed by atoms with van der Waals surface area (Å²) in [5.41, 5.74) is 2.12. The van der Waals surface area contributed by atoms with Crippen molar-refractivity contribution in [2.45, 2.75) is 26.7 Å². The van der Waals surface area contributed by atoms with E-state index in [-0.39, 0.29) is 12.5 Å². The summed E-state index contributed by atoms with van der Waals surface area (Å²) >= 11 is 6.09.